The van der Waals surface area contributed by atoms with Crippen LogP contribution in [-0.4, -0.2) is 61.6 Å². The monoisotopic (exact) mass is 790 g/mol. The summed E-state index contributed by atoms with van der Waals surface area (Å²) in [6.45, 7) is -3.75. The highest BCUT2D eigenvalue weighted by molar-refractivity contribution is 7.92. The molecule has 1 N–H and O–H groups in total. The lowest BCUT2D eigenvalue weighted by Gasteiger charge is -2.22. The van der Waals surface area contributed by atoms with Crippen LogP contribution >= 0.6 is 23.2 Å². The van der Waals surface area contributed by atoms with Crippen molar-refractivity contribution in [2.45, 2.75) is 38.4 Å². The third-order valence-electron chi connectivity index (χ3n) is 8.36. The van der Waals surface area contributed by atoms with Crippen molar-refractivity contribution in [1.82, 2.24) is 9.88 Å². The first-order valence-electron chi connectivity index (χ1n) is 16.1. The number of ether oxygens (including phenoxy) is 3. The van der Waals surface area contributed by atoms with Crippen LogP contribution in [0.3, 0.4) is 0 Å². The quantitative estimate of drug-likeness (QED) is 0.0661. The summed E-state index contributed by atoms with van der Waals surface area (Å²) in [6.07, 6.45) is 5.76. The Balaban J connectivity index is 1.20. The number of carbonyl (C=O) groups is 3. The number of anilines is 1. The van der Waals surface area contributed by atoms with Gasteiger partial charge < -0.3 is 19.4 Å². The van der Waals surface area contributed by atoms with Crippen LogP contribution in [0.4, 0.5) is 14.5 Å². The van der Waals surface area contributed by atoms with Gasteiger partial charge in [0.1, 0.15) is 22.7 Å². The summed E-state index contributed by atoms with van der Waals surface area (Å²) in [5, 5.41) is 11.8. The van der Waals surface area contributed by atoms with E-state index in [-0.39, 0.29) is 80.6 Å². The van der Waals surface area contributed by atoms with Crippen molar-refractivity contribution < 1.29 is 50.5 Å². The molecule has 1 aliphatic heterocycles. The van der Waals surface area contributed by atoms with Gasteiger partial charge in [0.25, 0.3) is 11.8 Å². The first-order chi connectivity index (χ1) is 25.3. The van der Waals surface area contributed by atoms with Crippen molar-refractivity contribution in [2.75, 3.05) is 23.6 Å². The van der Waals surface area contributed by atoms with Gasteiger partial charge in [-0.05, 0) is 72.7 Å². The Kier molecular flexibility index (Phi) is 11.3. The van der Waals surface area contributed by atoms with Crippen molar-refractivity contribution >= 4 is 56.7 Å². The molecule has 0 unspecified atom stereocenters. The third-order valence-corrected chi connectivity index (χ3v) is 10.3. The summed E-state index contributed by atoms with van der Waals surface area (Å²) in [5.41, 5.74) is 1.01. The molecule has 18 heteroatoms. The molecular formula is C35H30Cl2F2N4O9S. The highest BCUT2D eigenvalue weighted by atomic mass is 35.5. The summed E-state index contributed by atoms with van der Waals surface area (Å²) in [5.74, 6) is -3.04. The molecular weight excluding hydrogens is 761 g/mol. The average molecular weight is 792 g/mol. The number of sulfonamides is 1. The summed E-state index contributed by atoms with van der Waals surface area (Å²) < 4.78 is 70.9. The molecule has 1 fully saturated rings. The van der Waals surface area contributed by atoms with Crippen LogP contribution in [0.1, 0.15) is 56.4 Å². The largest absolute Gasteiger partial charge is 0.619 e. The number of benzene rings is 2. The van der Waals surface area contributed by atoms with Gasteiger partial charge in [0.2, 0.25) is 10.0 Å². The standard InChI is InChI=1S/C35H30Cl2F2N4O9S/c36-27-16-42(47)17-28(37)26(27)14-30(22-5-8-29(52-35(38)39)31(12-22)50-19-21-3-4-21)51-32(44)18-43-33(45)24-7-6-23(13-25(24)34(43)46)41-53(48,49)11-9-20-2-1-10-40-15-20/h1-2,5-8,10,12-13,15-17,21,30,35,41H,3-4,9,11,14,18-19H2/t30-/m0/s1. The predicted octanol–water partition coefficient (Wildman–Crippen LogP) is 5.52. The number of amides is 2. The summed E-state index contributed by atoms with van der Waals surface area (Å²) >= 11 is 12.6. The molecule has 0 bridgehead atoms. The van der Waals surface area contributed by atoms with Crippen molar-refractivity contribution in [3.63, 3.8) is 0 Å². The first kappa shape index (κ1) is 37.7. The maximum atomic E-state index is 13.5. The third kappa shape index (κ3) is 9.49. The van der Waals surface area contributed by atoms with Crippen LogP contribution in [0.25, 0.3) is 0 Å². The molecule has 0 saturated heterocycles. The van der Waals surface area contributed by atoms with E-state index in [9.17, 15) is 36.8 Å². The van der Waals surface area contributed by atoms with Crippen LogP contribution in [0.5, 0.6) is 11.5 Å². The maximum Gasteiger partial charge on any atom is 0.387 e. The number of fused-ring (bicyclic) bond motifs is 1. The lowest BCUT2D eigenvalue weighted by molar-refractivity contribution is -0.605. The van der Waals surface area contributed by atoms with Gasteiger partial charge in [-0.2, -0.15) is 13.5 Å². The van der Waals surface area contributed by atoms with Crippen molar-refractivity contribution in [2.24, 2.45) is 5.92 Å². The summed E-state index contributed by atoms with van der Waals surface area (Å²) in [4.78, 5) is 44.7. The van der Waals surface area contributed by atoms with Crippen LogP contribution in [-0.2, 0) is 32.4 Å². The molecule has 2 amide bonds. The van der Waals surface area contributed by atoms with Gasteiger partial charge in [-0.3, -0.25) is 29.0 Å². The molecule has 2 aromatic heterocycles. The van der Waals surface area contributed by atoms with E-state index in [0.29, 0.717) is 15.2 Å². The Labute approximate surface area is 312 Å². The molecule has 1 saturated carbocycles. The van der Waals surface area contributed by atoms with Gasteiger partial charge in [-0.25, -0.2) is 8.42 Å². The Hall–Kier alpha value is -5.06. The molecule has 3 heterocycles. The number of hydrogen-bond donors (Lipinski definition) is 1. The number of rotatable bonds is 16. The lowest BCUT2D eigenvalue weighted by atomic mass is 10.0. The molecule has 13 nitrogen and oxygen atoms in total. The number of esters is 1. The van der Waals surface area contributed by atoms with E-state index >= 15 is 0 Å². The highest BCUT2D eigenvalue weighted by Gasteiger charge is 2.38. The molecule has 2 aromatic carbocycles. The van der Waals surface area contributed by atoms with E-state index < -0.39 is 47.1 Å². The normalized spacial score (nSPS) is 14.6. The Morgan fingerprint density at radius 3 is 2.45 bits per heavy atom. The van der Waals surface area contributed by atoms with Gasteiger partial charge in [0.05, 0.1) is 23.5 Å². The topological polar surface area (TPSA) is 168 Å². The lowest BCUT2D eigenvalue weighted by Crippen LogP contribution is -2.36. The molecule has 1 atom stereocenters. The van der Waals surface area contributed by atoms with Gasteiger partial charge >= 0.3 is 12.6 Å². The van der Waals surface area contributed by atoms with E-state index in [2.05, 4.69) is 14.4 Å². The molecule has 6 rings (SSSR count). The van der Waals surface area contributed by atoms with Gasteiger partial charge in [0, 0.05) is 30.1 Å². The maximum absolute atomic E-state index is 13.5. The number of nitrogens with one attached hydrogen (secondary N) is 1. The SMILES string of the molecule is O=C(CN1C(=O)c2ccc(NS(=O)(=O)CCc3cccnc3)cc2C1=O)O[C@@H](Cc1c(Cl)c[n+]([O-])cc1Cl)c1ccc(OC(F)F)c(OCC2CC2)c1. The Morgan fingerprint density at radius 2 is 1.77 bits per heavy atom. The minimum Gasteiger partial charge on any atom is -0.619 e. The number of carbonyl (C=O) groups excluding carboxylic acids is 3. The summed E-state index contributed by atoms with van der Waals surface area (Å²) in [7, 11) is -3.86. The van der Waals surface area contributed by atoms with E-state index in [1.807, 2.05) is 0 Å². The smallest absolute Gasteiger partial charge is 0.387 e. The number of aryl methyl sites for hydroxylation is 1. The first-order valence-corrected chi connectivity index (χ1v) is 18.5. The molecule has 53 heavy (non-hydrogen) atoms. The fourth-order valence-corrected chi connectivity index (χ4v) is 7.20. The van der Waals surface area contributed by atoms with Crippen molar-refractivity contribution in [1.29, 1.82) is 0 Å². The zero-order valence-corrected chi connectivity index (χ0v) is 29.9. The second kappa shape index (κ2) is 15.9. The predicted molar refractivity (Wildman–Crippen MR) is 186 cm³/mol. The van der Waals surface area contributed by atoms with Gasteiger partial charge in [-0.1, -0.05) is 35.3 Å². The number of imide groups is 1. The Morgan fingerprint density at radius 1 is 1.04 bits per heavy atom. The number of aromatic nitrogens is 2. The van der Waals surface area contributed by atoms with Crippen LogP contribution < -0.4 is 18.9 Å². The number of alkyl halides is 2. The second-order valence-electron chi connectivity index (χ2n) is 12.3. The van der Waals surface area contributed by atoms with Gasteiger partial charge in [0.15, 0.2) is 23.9 Å². The van der Waals surface area contributed by atoms with E-state index in [4.69, 9.17) is 32.7 Å². The second-order valence-corrected chi connectivity index (χ2v) is 15.0. The van der Waals surface area contributed by atoms with Crippen LogP contribution in [0, 0.1) is 11.1 Å². The number of pyridine rings is 2. The molecule has 1 aliphatic carbocycles. The van der Waals surface area contributed by atoms with Gasteiger partial charge in [-0.15, -0.1) is 0 Å². The fraction of sp³-hybridized carbons (Fsp3) is 0.286. The van der Waals surface area contributed by atoms with E-state index in [1.54, 1.807) is 24.5 Å². The zero-order chi connectivity index (χ0) is 37.9. The average Bonchev–Trinajstić information content (AvgIpc) is 3.91. The van der Waals surface area contributed by atoms with E-state index in [1.165, 1.54) is 36.4 Å². The molecule has 2 aliphatic rings. The molecule has 0 spiro atoms. The van der Waals surface area contributed by atoms with Crippen LogP contribution in [0.2, 0.25) is 10.0 Å². The van der Waals surface area contributed by atoms with E-state index in [0.717, 1.165) is 25.2 Å². The van der Waals surface area contributed by atoms with Crippen molar-refractivity contribution in [3.8, 4) is 11.5 Å². The number of halogens is 4. The Bertz CT molecular complexity index is 2140. The molecule has 278 valence electrons. The summed E-state index contributed by atoms with van der Waals surface area (Å²) in [6, 6.07) is 11.2. The minimum atomic E-state index is -3.86. The zero-order valence-electron chi connectivity index (χ0n) is 27.5. The number of nitrogens with zero attached hydrogens (tertiary/aromatic N) is 3. The molecule has 0 radical (unpaired) electrons. The fourth-order valence-electron chi connectivity index (χ4n) is 5.51. The van der Waals surface area contributed by atoms with Crippen molar-refractivity contribution in [3.05, 3.63) is 116 Å². The van der Waals surface area contributed by atoms with Crippen LogP contribution in [0.15, 0.2) is 73.3 Å². The highest BCUT2D eigenvalue weighted by Crippen LogP contribution is 2.38. The molecule has 4 aromatic rings. The minimum absolute atomic E-state index is 0.0376. The number of hydrogen-bond acceptors (Lipinski definition) is 10.